The van der Waals surface area contributed by atoms with Crippen LogP contribution in [0, 0.1) is 16.0 Å². The maximum absolute atomic E-state index is 11.5. The third-order valence-corrected chi connectivity index (χ3v) is 2.46. The van der Waals surface area contributed by atoms with E-state index in [1.807, 2.05) is 0 Å². The van der Waals surface area contributed by atoms with E-state index in [4.69, 9.17) is 5.11 Å². The lowest BCUT2D eigenvalue weighted by Gasteiger charge is -2.11. The number of carboxylic acids is 1. The highest BCUT2D eigenvalue weighted by Crippen LogP contribution is 2.16. The number of carbonyl (C=O) groups is 2. The van der Waals surface area contributed by atoms with Crippen molar-refractivity contribution in [3.63, 3.8) is 0 Å². The molecule has 0 aliphatic heterocycles. The van der Waals surface area contributed by atoms with Crippen LogP contribution in [-0.2, 0) is 20.7 Å². The molecule has 1 aromatic carbocycles. The van der Waals surface area contributed by atoms with Crippen LogP contribution >= 0.6 is 0 Å². The molecule has 7 nitrogen and oxygen atoms in total. The van der Waals surface area contributed by atoms with Crippen LogP contribution in [-0.4, -0.2) is 28.6 Å². The Labute approximate surface area is 109 Å². The Morgan fingerprint density at radius 2 is 1.95 bits per heavy atom. The van der Waals surface area contributed by atoms with Crippen molar-refractivity contribution in [2.24, 2.45) is 5.92 Å². The SMILES string of the molecule is CCOC(=O)C(Cc1ccc([N+](=O)[O-])cc1)C(=O)O. The normalized spacial score (nSPS) is 11.6. The molecule has 0 radical (unpaired) electrons. The van der Waals surface area contributed by atoms with Gasteiger partial charge in [0.1, 0.15) is 0 Å². The number of hydrogen-bond acceptors (Lipinski definition) is 5. The van der Waals surface area contributed by atoms with E-state index >= 15 is 0 Å². The number of carboxylic acid groups (broad SMARTS) is 1. The van der Waals surface area contributed by atoms with Gasteiger partial charge in [-0.1, -0.05) is 12.1 Å². The molecule has 19 heavy (non-hydrogen) atoms. The highest BCUT2D eigenvalue weighted by molar-refractivity contribution is 5.94. The number of nitro groups is 1. The van der Waals surface area contributed by atoms with Crippen LogP contribution < -0.4 is 0 Å². The zero-order chi connectivity index (χ0) is 14.4. The monoisotopic (exact) mass is 267 g/mol. The molecule has 0 heterocycles. The number of non-ortho nitro benzene ring substituents is 1. The van der Waals surface area contributed by atoms with Gasteiger partial charge in [0.2, 0.25) is 0 Å². The van der Waals surface area contributed by atoms with E-state index < -0.39 is 22.8 Å². The van der Waals surface area contributed by atoms with Crippen molar-refractivity contribution < 1.29 is 24.4 Å². The minimum absolute atomic E-state index is 0.0633. The smallest absolute Gasteiger partial charge is 0.320 e. The van der Waals surface area contributed by atoms with Crippen molar-refractivity contribution in [2.45, 2.75) is 13.3 Å². The molecule has 0 bridgehead atoms. The lowest BCUT2D eigenvalue weighted by Crippen LogP contribution is -2.27. The number of hydrogen-bond donors (Lipinski definition) is 1. The molecule has 0 fully saturated rings. The Balaban J connectivity index is 2.82. The summed E-state index contributed by atoms with van der Waals surface area (Å²) in [7, 11) is 0. The number of rotatable bonds is 6. The van der Waals surface area contributed by atoms with Gasteiger partial charge >= 0.3 is 11.9 Å². The number of nitrogens with zero attached hydrogens (tertiary/aromatic N) is 1. The first-order valence-electron chi connectivity index (χ1n) is 5.58. The summed E-state index contributed by atoms with van der Waals surface area (Å²) in [6.07, 6.45) is -0.0633. The quantitative estimate of drug-likeness (QED) is 0.361. The minimum Gasteiger partial charge on any atom is -0.481 e. The Hall–Kier alpha value is -2.44. The molecule has 1 rings (SSSR count). The van der Waals surface area contributed by atoms with E-state index in [0.29, 0.717) is 5.56 Å². The summed E-state index contributed by atoms with van der Waals surface area (Å²) in [5.74, 6) is -3.40. The van der Waals surface area contributed by atoms with E-state index in [9.17, 15) is 19.7 Å². The minimum atomic E-state index is -1.30. The molecule has 1 N–H and O–H groups in total. The highest BCUT2D eigenvalue weighted by atomic mass is 16.6. The third kappa shape index (κ3) is 4.06. The molecular formula is C12H13NO6. The molecule has 1 atom stereocenters. The summed E-state index contributed by atoms with van der Waals surface area (Å²) in [6.45, 7) is 1.69. The zero-order valence-electron chi connectivity index (χ0n) is 10.2. The Morgan fingerprint density at radius 1 is 1.37 bits per heavy atom. The molecule has 0 aliphatic carbocycles. The first-order valence-corrected chi connectivity index (χ1v) is 5.58. The van der Waals surface area contributed by atoms with Crippen LogP contribution in [0.25, 0.3) is 0 Å². The van der Waals surface area contributed by atoms with E-state index in [1.165, 1.54) is 24.3 Å². The van der Waals surface area contributed by atoms with Crippen molar-refractivity contribution in [3.8, 4) is 0 Å². The summed E-state index contributed by atoms with van der Waals surface area (Å²) >= 11 is 0. The molecular weight excluding hydrogens is 254 g/mol. The van der Waals surface area contributed by atoms with E-state index in [0.717, 1.165) is 0 Å². The van der Waals surface area contributed by atoms with Crippen LogP contribution in [0.15, 0.2) is 24.3 Å². The second-order valence-corrected chi connectivity index (χ2v) is 3.77. The number of benzene rings is 1. The Bertz CT molecular complexity index is 481. The van der Waals surface area contributed by atoms with Crippen molar-refractivity contribution in [3.05, 3.63) is 39.9 Å². The largest absolute Gasteiger partial charge is 0.481 e. The van der Waals surface area contributed by atoms with Gasteiger partial charge in [0.15, 0.2) is 5.92 Å². The summed E-state index contributed by atoms with van der Waals surface area (Å²) in [5, 5.41) is 19.4. The fraction of sp³-hybridized carbons (Fsp3) is 0.333. The van der Waals surface area contributed by atoms with Gasteiger partial charge in [-0.3, -0.25) is 19.7 Å². The van der Waals surface area contributed by atoms with Gasteiger partial charge in [-0.05, 0) is 18.9 Å². The number of ether oxygens (including phenoxy) is 1. The van der Waals surface area contributed by atoms with Gasteiger partial charge in [0, 0.05) is 12.1 Å². The molecule has 7 heteroatoms. The first-order chi connectivity index (χ1) is 8.95. The molecule has 1 aromatic rings. The van der Waals surface area contributed by atoms with Gasteiger partial charge in [0.05, 0.1) is 11.5 Å². The van der Waals surface area contributed by atoms with Crippen LogP contribution in [0.1, 0.15) is 12.5 Å². The van der Waals surface area contributed by atoms with Crippen LogP contribution in [0.5, 0.6) is 0 Å². The molecule has 102 valence electrons. The fourth-order valence-corrected chi connectivity index (χ4v) is 1.50. The maximum atomic E-state index is 11.5. The van der Waals surface area contributed by atoms with Crippen LogP contribution in [0.4, 0.5) is 5.69 Å². The summed E-state index contributed by atoms with van der Waals surface area (Å²) in [6, 6.07) is 5.37. The molecule has 0 aliphatic rings. The van der Waals surface area contributed by atoms with Gasteiger partial charge < -0.3 is 9.84 Å². The maximum Gasteiger partial charge on any atom is 0.320 e. The Morgan fingerprint density at radius 3 is 2.37 bits per heavy atom. The number of nitro benzene ring substituents is 1. The van der Waals surface area contributed by atoms with Crippen LogP contribution in [0.3, 0.4) is 0 Å². The first kappa shape index (κ1) is 14.6. The van der Waals surface area contributed by atoms with Crippen molar-refractivity contribution in [2.75, 3.05) is 6.61 Å². The molecule has 0 saturated heterocycles. The predicted octanol–water partition coefficient (Wildman–Crippen LogP) is 1.40. The second kappa shape index (κ2) is 6.48. The van der Waals surface area contributed by atoms with Crippen molar-refractivity contribution in [1.29, 1.82) is 0 Å². The number of carbonyl (C=O) groups excluding carboxylic acids is 1. The second-order valence-electron chi connectivity index (χ2n) is 3.77. The predicted molar refractivity (Wildman–Crippen MR) is 64.6 cm³/mol. The topological polar surface area (TPSA) is 107 Å². The van der Waals surface area contributed by atoms with Crippen LogP contribution in [0.2, 0.25) is 0 Å². The zero-order valence-corrected chi connectivity index (χ0v) is 10.2. The van der Waals surface area contributed by atoms with E-state index in [-0.39, 0.29) is 18.7 Å². The standard InChI is InChI=1S/C12H13NO6/c1-2-19-12(16)10(11(14)15)7-8-3-5-9(6-4-8)13(17)18/h3-6,10H,2,7H2,1H3,(H,14,15). The lowest BCUT2D eigenvalue weighted by atomic mass is 9.99. The van der Waals surface area contributed by atoms with Gasteiger partial charge in [-0.15, -0.1) is 0 Å². The van der Waals surface area contributed by atoms with Crippen molar-refractivity contribution >= 4 is 17.6 Å². The average molecular weight is 267 g/mol. The molecule has 0 saturated carbocycles. The number of aliphatic carboxylic acids is 1. The lowest BCUT2D eigenvalue weighted by molar-refractivity contribution is -0.384. The fourth-order valence-electron chi connectivity index (χ4n) is 1.50. The molecule has 1 unspecified atom stereocenters. The average Bonchev–Trinajstić information content (AvgIpc) is 2.36. The molecule has 0 amide bonds. The third-order valence-electron chi connectivity index (χ3n) is 2.46. The summed E-state index contributed by atoms with van der Waals surface area (Å²) in [5.41, 5.74) is 0.429. The van der Waals surface area contributed by atoms with Crippen molar-refractivity contribution in [1.82, 2.24) is 0 Å². The molecule has 0 aromatic heterocycles. The highest BCUT2D eigenvalue weighted by Gasteiger charge is 2.28. The summed E-state index contributed by atoms with van der Waals surface area (Å²) in [4.78, 5) is 32.4. The number of esters is 1. The van der Waals surface area contributed by atoms with Gasteiger partial charge in [-0.2, -0.15) is 0 Å². The molecule has 0 spiro atoms. The summed E-state index contributed by atoms with van der Waals surface area (Å²) < 4.78 is 4.67. The van der Waals surface area contributed by atoms with Gasteiger partial charge in [-0.25, -0.2) is 0 Å². The van der Waals surface area contributed by atoms with E-state index in [1.54, 1.807) is 6.92 Å². The Kier molecular flexibility index (Phi) is 4.99. The van der Waals surface area contributed by atoms with Gasteiger partial charge in [0.25, 0.3) is 5.69 Å². The van der Waals surface area contributed by atoms with E-state index in [2.05, 4.69) is 4.74 Å².